The van der Waals surface area contributed by atoms with E-state index in [1.807, 2.05) is 12.2 Å². The predicted octanol–water partition coefficient (Wildman–Crippen LogP) is 7.78. The van der Waals surface area contributed by atoms with Crippen LogP contribution in [0.5, 0.6) is 0 Å². The third-order valence-corrected chi connectivity index (χ3v) is 4.20. The van der Waals surface area contributed by atoms with Gasteiger partial charge in [0.15, 0.2) is 0 Å². The van der Waals surface area contributed by atoms with Crippen molar-refractivity contribution in [2.24, 2.45) is 0 Å². The van der Waals surface area contributed by atoms with Crippen LogP contribution in [0.2, 0.25) is 0 Å². The topological polar surface area (TPSA) is 37.3 Å². The fraction of sp³-hybridized carbons (Fsp3) is 0.625. The first-order valence-electron chi connectivity index (χ1n) is 10.6. The molecular formula is C24H40O2. The lowest BCUT2D eigenvalue weighted by Gasteiger charge is -1.96. The van der Waals surface area contributed by atoms with Gasteiger partial charge in [0, 0.05) is 6.42 Å². The largest absolute Gasteiger partial charge is 0.481 e. The zero-order valence-electron chi connectivity index (χ0n) is 16.9. The number of unbranched alkanes of at least 4 members (excludes halogenated alkanes) is 8. The van der Waals surface area contributed by atoms with Gasteiger partial charge in [0.2, 0.25) is 0 Å². The van der Waals surface area contributed by atoms with Crippen molar-refractivity contribution in [3.05, 3.63) is 48.6 Å². The molecule has 0 saturated heterocycles. The monoisotopic (exact) mass is 360 g/mol. The fourth-order valence-electron chi connectivity index (χ4n) is 2.61. The lowest BCUT2D eigenvalue weighted by molar-refractivity contribution is -0.136. The Morgan fingerprint density at radius 2 is 1.04 bits per heavy atom. The molecule has 0 radical (unpaired) electrons. The van der Waals surface area contributed by atoms with E-state index < -0.39 is 5.97 Å². The van der Waals surface area contributed by atoms with E-state index in [4.69, 9.17) is 5.11 Å². The molecule has 0 aromatic heterocycles. The second kappa shape index (κ2) is 21.5. The average Bonchev–Trinajstić information content (AvgIpc) is 2.62. The zero-order chi connectivity index (χ0) is 19.1. The molecule has 0 heterocycles. The summed E-state index contributed by atoms with van der Waals surface area (Å²) in [6, 6.07) is 0. The summed E-state index contributed by atoms with van der Waals surface area (Å²) >= 11 is 0. The highest BCUT2D eigenvalue weighted by Crippen LogP contribution is 2.07. The average molecular weight is 361 g/mol. The molecule has 0 aliphatic heterocycles. The third-order valence-electron chi connectivity index (χ3n) is 4.20. The molecule has 0 aliphatic carbocycles. The van der Waals surface area contributed by atoms with Gasteiger partial charge in [-0.25, -0.2) is 0 Å². The van der Waals surface area contributed by atoms with Crippen molar-refractivity contribution in [3.8, 4) is 0 Å². The van der Waals surface area contributed by atoms with Gasteiger partial charge in [-0.3, -0.25) is 4.79 Å². The van der Waals surface area contributed by atoms with Gasteiger partial charge < -0.3 is 5.11 Å². The minimum atomic E-state index is -0.732. The molecule has 0 amide bonds. The Balaban J connectivity index is 3.31. The summed E-state index contributed by atoms with van der Waals surface area (Å²) in [6.07, 6.45) is 33.3. The number of allylic oxidation sites excluding steroid dienone is 8. The highest BCUT2D eigenvalue weighted by Gasteiger charge is 1.90. The number of rotatable bonds is 18. The number of carboxylic acid groups (broad SMARTS) is 1. The van der Waals surface area contributed by atoms with E-state index in [1.54, 1.807) is 0 Å². The van der Waals surface area contributed by atoms with E-state index in [-0.39, 0.29) is 6.42 Å². The lowest BCUT2D eigenvalue weighted by Crippen LogP contribution is -1.91. The Hall–Kier alpha value is -1.57. The van der Waals surface area contributed by atoms with Crippen LogP contribution in [0.15, 0.2) is 48.6 Å². The number of aliphatic carboxylic acids is 1. The Labute approximate surface area is 161 Å². The summed E-state index contributed by atoms with van der Waals surface area (Å²) in [4.78, 5) is 10.3. The summed E-state index contributed by atoms with van der Waals surface area (Å²) in [6.45, 7) is 2.26. The van der Waals surface area contributed by atoms with Crippen LogP contribution >= 0.6 is 0 Å². The minimum absolute atomic E-state index is 0.221. The first-order chi connectivity index (χ1) is 12.8. The van der Waals surface area contributed by atoms with E-state index in [9.17, 15) is 4.79 Å². The van der Waals surface area contributed by atoms with E-state index in [1.165, 1.54) is 64.2 Å². The van der Waals surface area contributed by atoms with Crippen LogP contribution < -0.4 is 0 Å². The molecular weight excluding hydrogens is 320 g/mol. The zero-order valence-corrected chi connectivity index (χ0v) is 16.9. The molecule has 0 aliphatic rings. The van der Waals surface area contributed by atoms with Crippen LogP contribution in [0.3, 0.4) is 0 Å². The highest BCUT2D eigenvalue weighted by atomic mass is 16.4. The Morgan fingerprint density at radius 3 is 1.54 bits per heavy atom. The molecule has 0 aromatic carbocycles. The number of carboxylic acids is 1. The van der Waals surface area contributed by atoms with Gasteiger partial charge >= 0.3 is 5.97 Å². The predicted molar refractivity (Wildman–Crippen MR) is 115 cm³/mol. The molecule has 0 atom stereocenters. The minimum Gasteiger partial charge on any atom is -0.481 e. The van der Waals surface area contributed by atoms with E-state index >= 15 is 0 Å². The Bertz CT molecular complexity index is 416. The van der Waals surface area contributed by atoms with E-state index in [0.717, 1.165) is 12.8 Å². The molecule has 0 unspecified atom stereocenters. The molecule has 0 fully saturated rings. The summed E-state index contributed by atoms with van der Waals surface area (Å²) < 4.78 is 0. The molecule has 0 aromatic rings. The standard InChI is InChI=1S/C24H40O2/c1-2-3-4-5-6-7-8-9-10-11-12-13-14-15-16-17-18-19-20-21-22-23-24(25)26/h7-8,14-15,17-18,20-21H,2-6,9-13,16,19,22-23H2,1H3,(H,25,26)/b8-7-,15-14-,18-17-,21-20-. The Kier molecular flexibility index (Phi) is 20.2. The van der Waals surface area contributed by atoms with Crippen LogP contribution in [0.4, 0.5) is 0 Å². The Morgan fingerprint density at radius 1 is 0.615 bits per heavy atom. The summed E-state index contributed by atoms with van der Waals surface area (Å²) in [5, 5.41) is 8.51. The highest BCUT2D eigenvalue weighted by molar-refractivity contribution is 5.66. The normalized spacial score (nSPS) is 12.3. The summed E-state index contributed by atoms with van der Waals surface area (Å²) in [5.74, 6) is -0.732. The number of hydrogen-bond acceptors (Lipinski definition) is 1. The van der Waals surface area contributed by atoms with Crippen molar-refractivity contribution in [1.82, 2.24) is 0 Å². The first-order valence-corrected chi connectivity index (χ1v) is 10.6. The third kappa shape index (κ3) is 22.4. The van der Waals surface area contributed by atoms with Gasteiger partial charge in [0.1, 0.15) is 0 Å². The molecule has 2 heteroatoms. The second-order valence-corrected chi connectivity index (χ2v) is 6.78. The second-order valence-electron chi connectivity index (χ2n) is 6.78. The van der Waals surface area contributed by atoms with Crippen molar-refractivity contribution < 1.29 is 9.90 Å². The maximum absolute atomic E-state index is 10.3. The molecule has 0 rings (SSSR count). The van der Waals surface area contributed by atoms with Crippen LogP contribution in [0.25, 0.3) is 0 Å². The van der Waals surface area contributed by atoms with Crippen molar-refractivity contribution >= 4 is 5.97 Å². The summed E-state index contributed by atoms with van der Waals surface area (Å²) in [5.41, 5.74) is 0. The van der Waals surface area contributed by atoms with Gasteiger partial charge in [-0.2, -0.15) is 0 Å². The first kappa shape index (κ1) is 24.4. The molecule has 0 spiro atoms. The molecule has 1 N–H and O–H groups in total. The van der Waals surface area contributed by atoms with Gasteiger partial charge in [-0.1, -0.05) is 81.2 Å². The van der Waals surface area contributed by atoms with Gasteiger partial charge in [-0.15, -0.1) is 0 Å². The fourth-order valence-corrected chi connectivity index (χ4v) is 2.61. The van der Waals surface area contributed by atoms with E-state index in [2.05, 4.69) is 43.4 Å². The van der Waals surface area contributed by atoms with Crippen molar-refractivity contribution in [3.63, 3.8) is 0 Å². The SMILES string of the molecule is CCCCCC/C=C\CCCCC/C=C\C/C=C\C/C=C\CCC(=O)O. The molecule has 0 bridgehead atoms. The van der Waals surface area contributed by atoms with Crippen LogP contribution in [0.1, 0.15) is 96.8 Å². The summed E-state index contributed by atoms with van der Waals surface area (Å²) in [7, 11) is 0. The van der Waals surface area contributed by atoms with Crippen LogP contribution in [0, 0.1) is 0 Å². The maximum atomic E-state index is 10.3. The van der Waals surface area contributed by atoms with Crippen molar-refractivity contribution in [2.75, 3.05) is 0 Å². The quantitative estimate of drug-likeness (QED) is 0.200. The number of hydrogen-bond donors (Lipinski definition) is 1. The smallest absolute Gasteiger partial charge is 0.303 e. The van der Waals surface area contributed by atoms with Crippen LogP contribution in [-0.2, 0) is 4.79 Å². The lowest BCUT2D eigenvalue weighted by atomic mass is 10.1. The van der Waals surface area contributed by atoms with Gasteiger partial charge in [0.05, 0.1) is 0 Å². The van der Waals surface area contributed by atoms with Crippen molar-refractivity contribution in [1.29, 1.82) is 0 Å². The van der Waals surface area contributed by atoms with Crippen molar-refractivity contribution in [2.45, 2.75) is 96.8 Å². The molecule has 2 nitrogen and oxygen atoms in total. The van der Waals surface area contributed by atoms with Crippen LogP contribution in [-0.4, -0.2) is 11.1 Å². The molecule has 0 saturated carbocycles. The number of carbonyl (C=O) groups is 1. The van der Waals surface area contributed by atoms with Gasteiger partial charge in [0.25, 0.3) is 0 Å². The van der Waals surface area contributed by atoms with E-state index in [0.29, 0.717) is 6.42 Å². The maximum Gasteiger partial charge on any atom is 0.303 e. The van der Waals surface area contributed by atoms with Gasteiger partial charge in [-0.05, 0) is 57.8 Å². The molecule has 26 heavy (non-hydrogen) atoms. The molecule has 148 valence electrons.